The summed E-state index contributed by atoms with van der Waals surface area (Å²) >= 11 is 0. The van der Waals surface area contributed by atoms with Crippen LogP contribution in [-0.4, -0.2) is 0 Å². The van der Waals surface area contributed by atoms with Gasteiger partial charge in [0.25, 0.3) is 0 Å². The van der Waals surface area contributed by atoms with Gasteiger partial charge < -0.3 is 21.3 Å². The summed E-state index contributed by atoms with van der Waals surface area (Å²) in [7, 11) is 0. The summed E-state index contributed by atoms with van der Waals surface area (Å²) in [5, 5.41) is 2.41. The lowest BCUT2D eigenvalue weighted by molar-refractivity contribution is 1.26. The third-order valence-corrected chi connectivity index (χ3v) is 9.10. The fraction of sp³-hybridized carbons (Fsp3) is 0. The van der Waals surface area contributed by atoms with Crippen LogP contribution in [0.2, 0.25) is 0 Å². The van der Waals surface area contributed by atoms with Crippen molar-refractivity contribution in [1.29, 1.82) is 0 Å². The van der Waals surface area contributed by atoms with Crippen LogP contribution in [0, 0.1) is 0 Å². The summed E-state index contributed by atoms with van der Waals surface area (Å²) in [6.45, 7) is 0. The second kappa shape index (κ2) is 13.4. The quantitative estimate of drug-likeness (QED) is 0.162. The van der Waals surface area contributed by atoms with Crippen LogP contribution in [0.1, 0.15) is 0 Å². The molecular weight excluding hydrogens is 609 g/mol. The average molecular weight is 645 g/mol. The molecule has 0 radical (unpaired) electrons. The van der Waals surface area contributed by atoms with E-state index in [-0.39, 0.29) is 0 Å². The summed E-state index contributed by atoms with van der Waals surface area (Å²) in [6, 6.07) is 67.7. The maximum atomic E-state index is 6.30. The van der Waals surface area contributed by atoms with Crippen molar-refractivity contribution in [3.05, 3.63) is 194 Å². The van der Waals surface area contributed by atoms with Crippen LogP contribution in [0.4, 0.5) is 45.5 Å². The second-order valence-electron chi connectivity index (χ2n) is 12.3. The summed E-state index contributed by atoms with van der Waals surface area (Å²) in [5.74, 6) is 0. The third kappa shape index (κ3) is 6.02. The topological polar surface area (TPSA) is 58.5 Å². The number of nitrogen functional groups attached to an aromatic ring is 2. The number of fused-ring (bicyclic) bond motifs is 1. The number of para-hydroxylation sites is 2. The zero-order valence-electron chi connectivity index (χ0n) is 27.5. The van der Waals surface area contributed by atoms with Gasteiger partial charge in [0.15, 0.2) is 0 Å². The van der Waals surface area contributed by atoms with E-state index in [1.54, 1.807) is 0 Å². The van der Waals surface area contributed by atoms with E-state index in [4.69, 9.17) is 11.5 Å². The Hall–Kier alpha value is -6.78. The molecule has 50 heavy (non-hydrogen) atoms. The highest BCUT2D eigenvalue weighted by Gasteiger charge is 2.18. The van der Waals surface area contributed by atoms with Crippen molar-refractivity contribution in [3.8, 4) is 22.3 Å². The van der Waals surface area contributed by atoms with Crippen LogP contribution in [0.3, 0.4) is 0 Å². The van der Waals surface area contributed by atoms with Crippen LogP contribution in [0.15, 0.2) is 194 Å². The van der Waals surface area contributed by atoms with Crippen molar-refractivity contribution < 1.29 is 0 Å². The van der Waals surface area contributed by atoms with Crippen LogP contribution >= 0.6 is 0 Å². The third-order valence-electron chi connectivity index (χ3n) is 9.10. The predicted octanol–water partition coefficient (Wildman–Crippen LogP) is 12.3. The van der Waals surface area contributed by atoms with E-state index in [0.29, 0.717) is 0 Å². The van der Waals surface area contributed by atoms with Crippen LogP contribution < -0.4 is 21.3 Å². The minimum atomic E-state index is 0.724. The summed E-state index contributed by atoms with van der Waals surface area (Å²) in [6.07, 6.45) is 0. The van der Waals surface area contributed by atoms with Gasteiger partial charge in [-0.15, -0.1) is 0 Å². The molecule has 0 amide bonds. The number of nitrogens with zero attached hydrogens (tertiary/aromatic N) is 2. The largest absolute Gasteiger partial charge is 0.399 e. The molecule has 8 rings (SSSR count). The molecule has 4 N–H and O–H groups in total. The van der Waals surface area contributed by atoms with E-state index in [9.17, 15) is 0 Å². The van der Waals surface area contributed by atoms with Gasteiger partial charge in [0.2, 0.25) is 0 Å². The molecule has 0 heterocycles. The van der Waals surface area contributed by atoms with Crippen molar-refractivity contribution in [3.63, 3.8) is 0 Å². The second-order valence-corrected chi connectivity index (χ2v) is 12.3. The van der Waals surface area contributed by atoms with E-state index in [0.717, 1.165) is 67.8 Å². The Morgan fingerprint density at radius 1 is 0.320 bits per heavy atom. The predicted molar refractivity (Wildman–Crippen MR) is 213 cm³/mol. The lowest BCUT2D eigenvalue weighted by Gasteiger charge is -2.29. The molecule has 0 aromatic heterocycles. The number of nitrogens with two attached hydrogens (primary N) is 2. The molecule has 0 aliphatic carbocycles. The maximum absolute atomic E-state index is 6.30. The van der Waals surface area contributed by atoms with Gasteiger partial charge in [-0.25, -0.2) is 0 Å². The molecule has 4 nitrogen and oxygen atoms in total. The van der Waals surface area contributed by atoms with E-state index < -0.39 is 0 Å². The molecule has 0 atom stereocenters. The first-order valence-corrected chi connectivity index (χ1v) is 16.8. The Morgan fingerprint density at radius 2 is 0.780 bits per heavy atom. The zero-order chi connectivity index (χ0) is 33.9. The van der Waals surface area contributed by atoms with Crippen molar-refractivity contribution >= 4 is 56.3 Å². The lowest BCUT2D eigenvalue weighted by Crippen LogP contribution is -2.12. The lowest BCUT2D eigenvalue weighted by atomic mass is 9.93. The van der Waals surface area contributed by atoms with Crippen LogP contribution in [0.5, 0.6) is 0 Å². The number of hydrogen-bond donors (Lipinski definition) is 2. The highest BCUT2D eigenvalue weighted by molar-refractivity contribution is 5.99. The summed E-state index contributed by atoms with van der Waals surface area (Å²) in [4.78, 5) is 4.62. The Labute approximate surface area is 293 Å². The van der Waals surface area contributed by atoms with E-state index in [2.05, 4.69) is 174 Å². The monoisotopic (exact) mass is 644 g/mol. The Kier molecular flexibility index (Phi) is 8.17. The SMILES string of the molecule is Nc1ccc(-c2ccc(N)cc2-c2ccc(N(c3ccccc3)c3ccc(N(c4ccccc4)c4cccc5ccccc45)cc3)cc2)cc1. The molecule has 240 valence electrons. The van der Waals surface area contributed by atoms with Crippen molar-refractivity contribution in [2.45, 2.75) is 0 Å². The van der Waals surface area contributed by atoms with Gasteiger partial charge >= 0.3 is 0 Å². The smallest absolute Gasteiger partial charge is 0.0540 e. The van der Waals surface area contributed by atoms with E-state index in [1.165, 1.54) is 10.8 Å². The Bertz CT molecular complexity index is 2360. The number of benzene rings is 8. The maximum Gasteiger partial charge on any atom is 0.0540 e. The van der Waals surface area contributed by atoms with Gasteiger partial charge in [-0.3, -0.25) is 0 Å². The van der Waals surface area contributed by atoms with Crippen molar-refractivity contribution in [1.82, 2.24) is 0 Å². The number of rotatable bonds is 8. The van der Waals surface area contributed by atoms with Crippen molar-refractivity contribution in [2.75, 3.05) is 21.3 Å². The van der Waals surface area contributed by atoms with Gasteiger partial charge in [0.1, 0.15) is 0 Å². The minimum absolute atomic E-state index is 0.724. The normalized spacial score (nSPS) is 11.0. The summed E-state index contributed by atoms with van der Waals surface area (Å²) < 4.78 is 0. The molecule has 8 aromatic rings. The first-order chi connectivity index (χ1) is 24.6. The molecule has 0 saturated heterocycles. The van der Waals surface area contributed by atoms with Crippen LogP contribution in [0.25, 0.3) is 33.0 Å². The summed E-state index contributed by atoms with van der Waals surface area (Å²) in [5.41, 5.74) is 24.6. The molecule has 0 fully saturated rings. The fourth-order valence-electron chi connectivity index (χ4n) is 6.69. The highest BCUT2D eigenvalue weighted by Crippen LogP contribution is 2.42. The van der Waals surface area contributed by atoms with Gasteiger partial charge in [-0.1, -0.05) is 103 Å². The zero-order valence-corrected chi connectivity index (χ0v) is 27.5. The van der Waals surface area contributed by atoms with E-state index >= 15 is 0 Å². The number of hydrogen-bond acceptors (Lipinski definition) is 4. The standard InChI is InChI=1S/C46H36N4/c47-36-22-18-34(19-23-36)43-31-24-37(48)32-45(43)35-20-25-40(26-21-35)49(38-12-3-1-4-13-38)41-27-29-42(30-28-41)50(39-14-5-2-6-15-39)46-17-9-11-33-10-7-8-16-44(33)46/h1-32H,47-48H2. The molecular formula is C46H36N4. The molecule has 0 unspecified atom stereocenters. The van der Waals surface area contributed by atoms with Gasteiger partial charge in [0.05, 0.1) is 5.69 Å². The van der Waals surface area contributed by atoms with Gasteiger partial charge in [-0.05, 0) is 119 Å². The Morgan fingerprint density at radius 3 is 1.44 bits per heavy atom. The molecule has 0 aliphatic heterocycles. The molecule has 0 saturated carbocycles. The first-order valence-electron chi connectivity index (χ1n) is 16.8. The molecule has 8 aromatic carbocycles. The van der Waals surface area contributed by atoms with Gasteiger partial charge in [0, 0.05) is 45.2 Å². The van der Waals surface area contributed by atoms with Gasteiger partial charge in [-0.2, -0.15) is 0 Å². The molecule has 0 spiro atoms. The molecule has 0 bridgehead atoms. The highest BCUT2D eigenvalue weighted by atomic mass is 15.2. The minimum Gasteiger partial charge on any atom is -0.399 e. The van der Waals surface area contributed by atoms with Crippen molar-refractivity contribution in [2.24, 2.45) is 0 Å². The molecule has 4 heteroatoms. The van der Waals surface area contributed by atoms with E-state index in [1.807, 2.05) is 30.3 Å². The fourth-order valence-corrected chi connectivity index (χ4v) is 6.69. The van der Waals surface area contributed by atoms with Crippen LogP contribution in [-0.2, 0) is 0 Å². The first kappa shape index (κ1) is 30.5. The Balaban J connectivity index is 1.19. The molecule has 0 aliphatic rings. The average Bonchev–Trinajstić information content (AvgIpc) is 3.17. The number of anilines is 8.